The molecule has 0 saturated carbocycles. The Hall–Kier alpha value is -3.20. The van der Waals surface area contributed by atoms with E-state index in [-0.39, 0.29) is 19.1 Å². The monoisotopic (exact) mass is 486 g/mol. The van der Waals surface area contributed by atoms with Crippen molar-refractivity contribution in [3.8, 4) is 11.1 Å². The summed E-state index contributed by atoms with van der Waals surface area (Å²) < 4.78 is 15.4. The minimum atomic E-state index is -0.836. The van der Waals surface area contributed by atoms with Crippen LogP contribution in [0.15, 0.2) is 48.5 Å². The lowest BCUT2D eigenvalue weighted by Gasteiger charge is -2.20. The van der Waals surface area contributed by atoms with Crippen molar-refractivity contribution < 1.29 is 28.6 Å². The SMILES string of the molecule is COC(=O)[C@H](C)NC(=O)OC[C@H](CCSC)NC(=O)OCC1c2ccccc2-c2ccccc21. The fraction of sp³-hybridized carbons (Fsp3) is 0.400. The van der Waals surface area contributed by atoms with Crippen LogP contribution in [0.5, 0.6) is 0 Å². The van der Waals surface area contributed by atoms with E-state index in [1.165, 1.54) is 14.0 Å². The van der Waals surface area contributed by atoms with Crippen LogP contribution in [0.1, 0.15) is 30.4 Å². The van der Waals surface area contributed by atoms with Gasteiger partial charge >= 0.3 is 18.2 Å². The molecule has 0 heterocycles. The lowest BCUT2D eigenvalue weighted by molar-refractivity contribution is -0.142. The molecule has 2 aromatic rings. The third kappa shape index (κ3) is 6.44. The fourth-order valence-corrected chi connectivity index (χ4v) is 4.41. The number of nitrogens with one attached hydrogen (secondary N) is 2. The summed E-state index contributed by atoms with van der Waals surface area (Å²) in [6, 6.07) is 15.0. The second kappa shape index (κ2) is 12.3. The summed E-state index contributed by atoms with van der Waals surface area (Å²) in [7, 11) is 1.24. The summed E-state index contributed by atoms with van der Waals surface area (Å²) in [5, 5.41) is 5.19. The maximum atomic E-state index is 12.6. The molecule has 2 N–H and O–H groups in total. The van der Waals surface area contributed by atoms with Gasteiger partial charge in [-0.3, -0.25) is 0 Å². The number of carbonyl (C=O) groups is 3. The molecule has 0 spiro atoms. The lowest BCUT2D eigenvalue weighted by Crippen LogP contribution is -2.43. The number of ether oxygens (including phenoxy) is 3. The smallest absolute Gasteiger partial charge is 0.407 e. The van der Waals surface area contributed by atoms with Crippen LogP contribution in [0.3, 0.4) is 0 Å². The van der Waals surface area contributed by atoms with Crippen molar-refractivity contribution in [2.45, 2.75) is 31.3 Å². The van der Waals surface area contributed by atoms with E-state index in [2.05, 4.69) is 39.6 Å². The number of methoxy groups -OCH3 is 1. The molecule has 1 aliphatic rings. The van der Waals surface area contributed by atoms with Crippen LogP contribution in [0, 0.1) is 0 Å². The molecular weight excluding hydrogens is 456 g/mol. The Bertz CT molecular complexity index is 969. The van der Waals surface area contributed by atoms with Gasteiger partial charge in [-0.25, -0.2) is 14.4 Å². The highest BCUT2D eigenvalue weighted by Gasteiger charge is 2.29. The first-order chi connectivity index (χ1) is 16.4. The molecule has 8 nitrogen and oxygen atoms in total. The Morgan fingerprint density at radius 2 is 1.53 bits per heavy atom. The van der Waals surface area contributed by atoms with Crippen molar-refractivity contribution in [2.24, 2.45) is 0 Å². The quantitative estimate of drug-likeness (QED) is 0.387. The van der Waals surface area contributed by atoms with Gasteiger partial charge in [-0.15, -0.1) is 0 Å². The summed E-state index contributed by atoms with van der Waals surface area (Å²) in [5.41, 5.74) is 4.58. The van der Waals surface area contributed by atoms with E-state index in [0.717, 1.165) is 28.0 Å². The molecule has 0 saturated heterocycles. The predicted octanol–water partition coefficient (Wildman–Crippen LogP) is 3.93. The molecule has 1 aliphatic carbocycles. The summed E-state index contributed by atoms with van der Waals surface area (Å²) in [4.78, 5) is 36.0. The van der Waals surface area contributed by atoms with Gasteiger partial charge in [0.25, 0.3) is 0 Å². The Morgan fingerprint density at radius 3 is 2.12 bits per heavy atom. The van der Waals surface area contributed by atoms with Gasteiger partial charge in [0.15, 0.2) is 0 Å². The molecular formula is C25H30N2O6S. The third-order valence-electron chi connectivity index (χ3n) is 5.64. The van der Waals surface area contributed by atoms with Crippen molar-refractivity contribution in [1.29, 1.82) is 0 Å². The highest BCUT2D eigenvalue weighted by Crippen LogP contribution is 2.44. The average molecular weight is 487 g/mol. The van der Waals surface area contributed by atoms with Crippen LogP contribution in [0.4, 0.5) is 9.59 Å². The highest BCUT2D eigenvalue weighted by molar-refractivity contribution is 7.98. The molecule has 0 radical (unpaired) electrons. The molecule has 0 unspecified atom stereocenters. The second-order valence-corrected chi connectivity index (χ2v) is 8.92. The normalized spacial score (nSPS) is 13.7. The van der Waals surface area contributed by atoms with Gasteiger partial charge in [0.2, 0.25) is 0 Å². The molecule has 0 bridgehead atoms. The molecule has 0 aliphatic heterocycles. The van der Waals surface area contributed by atoms with Crippen LogP contribution in [0.25, 0.3) is 11.1 Å². The first-order valence-electron chi connectivity index (χ1n) is 11.1. The van der Waals surface area contributed by atoms with E-state index in [4.69, 9.17) is 9.47 Å². The maximum absolute atomic E-state index is 12.6. The zero-order valence-electron chi connectivity index (χ0n) is 19.5. The van der Waals surface area contributed by atoms with E-state index in [1.807, 2.05) is 30.5 Å². The molecule has 3 rings (SSSR count). The van der Waals surface area contributed by atoms with Crippen LogP contribution >= 0.6 is 11.8 Å². The van der Waals surface area contributed by atoms with E-state index < -0.39 is 30.2 Å². The number of fused-ring (bicyclic) bond motifs is 3. The molecule has 2 amide bonds. The summed E-state index contributed by atoms with van der Waals surface area (Å²) in [6.07, 6.45) is 1.21. The first kappa shape index (κ1) is 25.4. The van der Waals surface area contributed by atoms with E-state index in [0.29, 0.717) is 6.42 Å². The number of rotatable bonds is 10. The molecule has 9 heteroatoms. The summed E-state index contributed by atoms with van der Waals surface area (Å²) in [6.45, 7) is 1.64. The van der Waals surface area contributed by atoms with Gasteiger partial charge in [0.1, 0.15) is 19.3 Å². The number of benzene rings is 2. The standard InChI is InChI=1S/C25H30N2O6S/c1-16(23(28)31-2)26-24(29)32-14-17(12-13-34-3)27-25(30)33-15-22-20-10-6-4-8-18(20)19-9-5-7-11-21(19)22/h4-11,16-17,22H,12-15H2,1-3H3,(H,26,29)(H,27,30)/t16-,17-/m0/s1. The highest BCUT2D eigenvalue weighted by atomic mass is 32.2. The molecule has 2 atom stereocenters. The van der Waals surface area contributed by atoms with Gasteiger partial charge in [-0.2, -0.15) is 11.8 Å². The fourth-order valence-electron chi connectivity index (χ4n) is 3.89. The zero-order valence-corrected chi connectivity index (χ0v) is 20.4. The van der Waals surface area contributed by atoms with Crippen LogP contribution in [-0.2, 0) is 19.0 Å². The maximum Gasteiger partial charge on any atom is 0.407 e. The van der Waals surface area contributed by atoms with Crippen molar-refractivity contribution in [3.05, 3.63) is 59.7 Å². The van der Waals surface area contributed by atoms with Gasteiger partial charge < -0.3 is 24.8 Å². The molecule has 182 valence electrons. The number of esters is 1. The summed E-state index contributed by atoms with van der Waals surface area (Å²) >= 11 is 1.62. The Morgan fingerprint density at radius 1 is 0.941 bits per heavy atom. The van der Waals surface area contributed by atoms with Crippen LogP contribution in [0.2, 0.25) is 0 Å². The Balaban J connectivity index is 1.55. The van der Waals surface area contributed by atoms with E-state index in [9.17, 15) is 14.4 Å². The van der Waals surface area contributed by atoms with Crippen molar-refractivity contribution in [2.75, 3.05) is 32.3 Å². The molecule has 0 fully saturated rings. The van der Waals surface area contributed by atoms with Crippen molar-refractivity contribution >= 4 is 29.9 Å². The van der Waals surface area contributed by atoms with E-state index >= 15 is 0 Å². The topological polar surface area (TPSA) is 103 Å². The van der Waals surface area contributed by atoms with Crippen molar-refractivity contribution in [1.82, 2.24) is 10.6 Å². The van der Waals surface area contributed by atoms with Crippen molar-refractivity contribution in [3.63, 3.8) is 0 Å². The number of hydrogen-bond donors (Lipinski definition) is 2. The minimum absolute atomic E-state index is 0.0374. The van der Waals surface area contributed by atoms with Gasteiger partial charge in [0, 0.05) is 5.92 Å². The predicted molar refractivity (Wildman–Crippen MR) is 131 cm³/mol. The van der Waals surface area contributed by atoms with E-state index in [1.54, 1.807) is 11.8 Å². The second-order valence-electron chi connectivity index (χ2n) is 7.94. The van der Waals surface area contributed by atoms with Gasteiger partial charge in [-0.1, -0.05) is 48.5 Å². The van der Waals surface area contributed by atoms with Gasteiger partial charge in [0.05, 0.1) is 13.2 Å². The number of thioether (sulfide) groups is 1. The number of hydrogen-bond acceptors (Lipinski definition) is 7. The molecule has 34 heavy (non-hydrogen) atoms. The number of amides is 2. The van der Waals surface area contributed by atoms with Crippen LogP contribution < -0.4 is 10.6 Å². The molecule has 0 aromatic heterocycles. The van der Waals surface area contributed by atoms with Gasteiger partial charge in [-0.05, 0) is 47.6 Å². The summed E-state index contributed by atoms with van der Waals surface area (Å²) in [5.74, 6) is 0.148. The lowest BCUT2D eigenvalue weighted by atomic mass is 9.98. The Labute approximate surface area is 203 Å². The number of alkyl carbamates (subject to hydrolysis) is 2. The molecule has 2 aromatic carbocycles. The minimum Gasteiger partial charge on any atom is -0.467 e. The largest absolute Gasteiger partial charge is 0.467 e. The average Bonchev–Trinajstić information content (AvgIpc) is 3.17. The zero-order chi connectivity index (χ0) is 24.5. The van der Waals surface area contributed by atoms with Crippen LogP contribution in [-0.4, -0.2) is 62.6 Å². The first-order valence-corrected chi connectivity index (χ1v) is 12.5. The number of carbonyl (C=O) groups excluding carboxylic acids is 3. The Kier molecular flexibility index (Phi) is 9.21. The third-order valence-corrected chi connectivity index (χ3v) is 6.28.